The molecule has 0 atom stereocenters. The molecule has 0 fully saturated rings. The molecule has 0 radical (unpaired) electrons. The van der Waals surface area contributed by atoms with Crippen LogP contribution in [0.15, 0.2) is 0 Å². The Kier molecular flexibility index (Phi) is 3.39. The molecule has 0 bridgehead atoms. The summed E-state index contributed by atoms with van der Waals surface area (Å²) in [5, 5.41) is 37.1. The minimum absolute atomic E-state index is 0.0624. The number of hydrogen-bond donors (Lipinski definition) is 1. The zero-order valence-electron chi connectivity index (χ0n) is 14.0. The zero-order chi connectivity index (χ0) is 20.0. The van der Waals surface area contributed by atoms with Crippen LogP contribution >= 0.6 is 0 Å². The van der Waals surface area contributed by atoms with Gasteiger partial charge in [-0.2, -0.15) is 21.0 Å². The van der Waals surface area contributed by atoms with Crippen LogP contribution in [0.4, 0.5) is 5.82 Å². The van der Waals surface area contributed by atoms with Crippen LogP contribution in [0.1, 0.15) is 28.5 Å². The standard InChI is InChI=1S/C17H5N11/c1-6-7(2-18)24-12-11(23-6)13-14(26-9(4-20)8(3-19)25-13)16-15(12)27-10(5-21)17(22)28-16/h1H3,(H2,22,28). The molecule has 3 heterocycles. The Hall–Kier alpha value is -5.00. The highest BCUT2D eigenvalue weighted by Crippen LogP contribution is 2.31. The molecule has 0 unspecified atom stereocenters. The van der Waals surface area contributed by atoms with Gasteiger partial charge in [0.2, 0.25) is 0 Å². The first-order valence-electron chi connectivity index (χ1n) is 7.62. The molecule has 4 aromatic rings. The first-order valence-corrected chi connectivity index (χ1v) is 7.62. The third-order valence-corrected chi connectivity index (χ3v) is 3.99. The predicted octanol–water partition coefficient (Wildman–Crippen LogP) is 0.894. The molecule has 0 saturated heterocycles. The van der Waals surface area contributed by atoms with Gasteiger partial charge in [-0.25, -0.2) is 29.9 Å². The number of nitrogens with zero attached hydrogens (tertiary/aromatic N) is 10. The van der Waals surface area contributed by atoms with E-state index in [4.69, 9.17) is 5.73 Å². The van der Waals surface area contributed by atoms with Crippen LogP contribution in [0.2, 0.25) is 0 Å². The third-order valence-electron chi connectivity index (χ3n) is 3.99. The van der Waals surface area contributed by atoms with Gasteiger partial charge in [0.25, 0.3) is 0 Å². The number of hydrogen-bond acceptors (Lipinski definition) is 11. The Morgan fingerprint density at radius 2 is 0.893 bits per heavy atom. The van der Waals surface area contributed by atoms with Crippen molar-refractivity contribution >= 4 is 38.9 Å². The van der Waals surface area contributed by atoms with Crippen molar-refractivity contribution in [2.75, 3.05) is 5.73 Å². The molecule has 4 rings (SSSR count). The van der Waals surface area contributed by atoms with Gasteiger partial charge in [-0.15, -0.1) is 0 Å². The number of rotatable bonds is 0. The fraction of sp³-hybridized carbons (Fsp3) is 0.0588. The number of fused-ring (bicyclic) bond motifs is 6. The Morgan fingerprint density at radius 1 is 0.536 bits per heavy atom. The van der Waals surface area contributed by atoms with Crippen molar-refractivity contribution < 1.29 is 0 Å². The highest BCUT2D eigenvalue weighted by Gasteiger charge is 2.21. The van der Waals surface area contributed by atoms with Crippen LogP contribution in [0.3, 0.4) is 0 Å². The molecule has 0 spiro atoms. The van der Waals surface area contributed by atoms with E-state index in [9.17, 15) is 21.0 Å². The Balaban J connectivity index is 2.40. The maximum Gasteiger partial charge on any atom is 0.183 e. The zero-order valence-corrected chi connectivity index (χ0v) is 14.0. The van der Waals surface area contributed by atoms with Crippen LogP contribution in [0.25, 0.3) is 33.1 Å². The maximum atomic E-state index is 9.29. The van der Waals surface area contributed by atoms with E-state index in [-0.39, 0.29) is 61.7 Å². The summed E-state index contributed by atoms with van der Waals surface area (Å²) in [4.78, 5) is 25.4. The fourth-order valence-corrected chi connectivity index (χ4v) is 2.74. The lowest BCUT2D eigenvalue weighted by Crippen LogP contribution is -2.05. The monoisotopic (exact) mass is 363 g/mol. The van der Waals surface area contributed by atoms with Crippen molar-refractivity contribution in [2.45, 2.75) is 6.92 Å². The Labute approximate surface area is 156 Å². The van der Waals surface area contributed by atoms with Gasteiger partial charge in [0.1, 0.15) is 57.4 Å². The Bertz CT molecular complexity index is 1390. The van der Waals surface area contributed by atoms with E-state index in [0.29, 0.717) is 5.69 Å². The average molecular weight is 363 g/mol. The molecule has 1 aromatic carbocycles. The highest BCUT2D eigenvalue weighted by atomic mass is 15.0. The lowest BCUT2D eigenvalue weighted by Gasteiger charge is -2.09. The number of benzene rings is 1. The average Bonchev–Trinajstić information content (AvgIpc) is 2.72. The molecule has 11 heteroatoms. The van der Waals surface area contributed by atoms with Gasteiger partial charge in [0.15, 0.2) is 28.6 Å². The quantitative estimate of drug-likeness (QED) is 0.435. The van der Waals surface area contributed by atoms with Gasteiger partial charge < -0.3 is 5.73 Å². The summed E-state index contributed by atoms with van der Waals surface area (Å²) in [5.74, 6) is -0.138. The Morgan fingerprint density at radius 3 is 1.36 bits per heavy atom. The molecule has 0 amide bonds. The molecular formula is C17H5N11. The molecule has 0 aliphatic rings. The summed E-state index contributed by atoms with van der Waals surface area (Å²) >= 11 is 0. The van der Waals surface area contributed by atoms with E-state index >= 15 is 0 Å². The van der Waals surface area contributed by atoms with E-state index in [2.05, 4.69) is 29.9 Å². The number of aromatic nitrogens is 6. The molecule has 28 heavy (non-hydrogen) atoms. The highest BCUT2D eigenvalue weighted by molar-refractivity contribution is 6.18. The lowest BCUT2D eigenvalue weighted by atomic mass is 10.1. The molecule has 0 saturated carbocycles. The summed E-state index contributed by atoms with van der Waals surface area (Å²) in [6.07, 6.45) is 0. The number of nitriles is 4. The minimum atomic E-state index is -0.196. The van der Waals surface area contributed by atoms with Crippen LogP contribution in [-0.4, -0.2) is 29.9 Å². The summed E-state index contributed by atoms with van der Waals surface area (Å²) < 4.78 is 0. The van der Waals surface area contributed by atoms with Crippen molar-refractivity contribution in [2.24, 2.45) is 0 Å². The second kappa shape index (κ2) is 5.77. The van der Waals surface area contributed by atoms with Crippen molar-refractivity contribution in [3.8, 4) is 24.3 Å². The van der Waals surface area contributed by atoms with Crippen LogP contribution in [0.5, 0.6) is 0 Å². The molecular weight excluding hydrogens is 358 g/mol. The summed E-state index contributed by atoms with van der Waals surface area (Å²) in [7, 11) is 0. The van der Waals surface area contributed by atoms with Crippen molar-refractivity contribution in [1.29, 1.82) is 21.0 Å². The molecule has 11 nitrogen and oxygen atoms in total. The largest absolute Gasteiger partial charge is 0.381 e. The van der Waals surface area contributed by atoms with Gasteiger partial charge in [0, 0.05) is 0 Å². The van der Waals surface area contributed by atoms with Crippen molar-refractivity contribution in [3.63, 3.8) is 0 Å². The molecule has 0 aliphatic carbocycles. The SMILES string of the molecule is Cc1nc2c(nc1C#N)c1nc(C#N)c(N)nc1c1nc(C#N)c(C#N)nc21. The van der Waals surface area contributed by atoms with Crippen molar-refractivity contribution in [3.05, 3.63) is 28.5 Å². The normalized spacial score (nSPS) is 10.3. The van der Waals surface area contributed by atoms with Gasteiger partial charge in [-0.05, 0) is 6.92 Å². The first kappa shape index (κ1) is 16.5. The van der Waals surface area contributed by atoms with Gasteiger partial charge in [-0.3, -0.25) is 0 Å². The van der Waals surface area contributed by atoms with Gasteiger partial charge >= 0.3 is 0 Å². The molecule has 128 valence electrons. The third kappa shape index (κ3) is 2.12. The summed E-state index contributed by atoms with van der Waals surface area (Å²) in [5.41, 5.74) is 6.64. The van der Waals surface area contributed by atoms with Crippen LogP contribution < -0.4 is 5.73 Å². The van der Waals surface area contributed by atoms with E-state index in [1.54, 1.807) is 6.92 Å². The van der Waals surface area contributed by atoms with E-state index in [0.717, 1.165) is 0 Å². The van der Waals surface area contributed by atoms with Gasteiger partial charge in [-0.1, -0.05) is 0 Å². The second-order valence-electron chi connectivity index (χ2n) is 5.57. The van der Waals surface area contributed by atoms with E-state index < -0.39 is 0 Å². The molecule has 0 aliphatic heterocycles. The number of aryl methyl sites for hydroxylation is 1. The van der Waals surface area contributed by atoms with E-state index in [1.807, 2.05) is 24.3 Å². The smallest absolute Gasteiger partial charge is 0.183 e. The number of nitrogens with two attached hydrogens (primary N) is 1. The topological polar surface area (TPSA) is 199 Å². The van der Waals surface area contributed by atoms with Crippen molar-refractivity contribution in [1.82, 2.24) is 29.9 Å². The van der Waals surface area contributed by atoms with Crippen LogP contribution in [0, 0.1) is 52.2 Å². The number of nitrogen functional groups attached to an aromatic ring is 1. The minimum Gasteiger partial charge on any atom is -0.381 e. The van der Waals surface area contributed by atoms with Crippen LogP contribution in [-0.2, 0) is 0 Å². The fourth-order valence-electron chi connectivity index (χ4n) is 2.74. The predicted molar refractivity (Wildman–Crippen MR) is 93.7 cm³/mol. The second-order valence-corrected chi connectivity index (χ2v) is 5.57. The molecule has 3 aromatic heterocycles. The first-order chi connectivity index (χ1) is 13.5. The van der Waals surface area contributed by atoms with Gasteiger partial charge in [0.05, 0.1) is 5.69 Å². The maximum absolute atomic E-state index is 9.29. The number of anilines is 1. The van der Waals surface area contributed by atoms with E-state index in [1.165, 1.54) is 0 Å². The summed E-state index contributed by atoms with van der Waals surface area (Å²) in [6, 6.07) is 7.40. The summed E-state index contributed by atoms with van der Waals surface area (Å²) in [6.45, 7) is 1.60. The lowest BCUT2D eigenvalue weighted by molar-refractivity contribution is 1.14. The molecule has 2 N–H and O–H groups in total.